The molecule has 1 aliphatic rings. The standard InChI is InChI=1S/C16H21ClN6O/c1-10(2)23-9-20-21-15(23)11-3-5-22(6-4-11)16-13(17)7-12(8-19-16)14(18)24/h7-11H,3-6H2,1-2H3,(H2,18,24). The van der Waals surface area contributed by atoms with Crippen LogP contribution in [-0.4, -0.2) is 38.7 Å². The first kappa shape index (κ1) is 16.7. The van der Waals surface area contributed by atoms with Gasteiger partial charge in [-0.15, -0.1) is 10.2 Å². The summed E-state index contributed by atoms with van der Waals surface area (Å²) in [5.41, 5.74) is 5.58. The lowest BCUT2D eigenvalue weighted by atomic mass is 9.95. The largest absolute Gasteiger partial charge is 0.366 e. The summed E-state index contributed by atoms with van der Waals surface area (Å²) in [6, 6.07) is 1.93. The van der Waals surface area contributed by atoms with Crippen molar-refractivity contribution in [2.75, 3.05) is 18.0 Å². The van der Waals surface area contributed by atoms with Crippen molar-refractivity contribution in [2.24, 2.45) is 5.73 Å². The van der Waals surface area contributed by atoms with E-state index < -0.39 is 5.91 Å². The second-order valence-corrected chi connectivity index (χ2v) is 6.75. The number of halogens is 1. The number of amides is 1. The van der Waals surface area contributed by atoms with Gasteiger partial charge in [0, 0.05) is 31.2 Å². The van der Waals surface area contributed by atoms with Crippen molar-refractivity contribution in [1.29, 1.82) is 0 Å². The smallest absolute Gasteiger partial charge is 0.250 e. The van der Waals surface area contributed by atoms with Crippen molar-refractivity contribution in [2.45, 2.75) is 38.6 Å². The van der Waals surface area contributed by atoms with Crippen molar-refractivity contribution in [3.8, 4) is 0 Å². The highest BCUT2D eigenvalue weighted by molar-refractivity contribution is 6.33. The van der Waals surface area contributed by atoms with Crippen LogP contribution >= 0.6 is 11.6 Å². The first-order chi connectivity index (χ1) is 11.5. The second-order valence-electron chi connectivity index (χ2n) is 6.35. The lowest BCUT2D eigenvalue weighted by Crippen LogP contribution is -2.34. The molecule has 3 heterocycles. The van der Waals surface area contributed by atoms with Gasteiger partial charge in [-0.2, -0.15) is 0 Å². The molecule has 0 radical (unpaired) electrons. The minimum absolute atomic E-state index is 0.323. The van der Waals surface area contributed by atoms with Crippen LogP contribution in [0.2, 0.25) is 5.02 Å². The lowest BCUT2D eigenvalue weighted by Gasteiger charge is -2.33. The van der Waals surface area contributed by atoms with Crippen molar-refractivity contribution in [3.63, 3.8) is 0 Å². The molecule has 0 bridgehead atoms. The van der Waals surface area contributed by atoms with E-state index in [1.165, 1.54) is 6.20 Å². The molecule has 2 N–H and O–H groups in total. The Balaban J connectivity index is 1.71. The predicted molar refractivity (Wildman–Crippen MR) is 92.4 cm³/mol. The minimum atomic E-state index is -0.525. The van der Waals surface area contributed by atoms with E-state index in [0.29, 0.717) is 28.4 Å². The second kappa shape index (κ2) is 6.76. The molecule has 0 unspecified atom stereocenters. The monoisotopic (exact) mass is 348 g/mol. The molecule has 24 heavy (non-hydrogen) atoms. The number of rotatable bonds is 4. The summed E-state index contributed by atoms with van der Waals surface area (Å²) < 4.78 is 2.13. The van der Waals surface area contributed by atoms with Crippen molar-refractivity contribution < 1.29 is 4.79 Å². The van der Waals surface area contributed by atoms with E-state index in [1.54, 1.807) is 12.4 Å². The van der Waals surface area contributed by atoms with E-state index in [4.69, 9.17) is 17.3 Å². The molecule has 0 saturated carbocycles. The van der Waals surface area contributed by atoms with E-state index in [2.05, 4.69) is 38.5 Å². The van der Waals surface area contributed by atoms with Gasteiger partial charge in [-0.3, -0.25) is 4.79 Å². The third-order valence-electron chi connectivity index (χ3n) is 4.42. The zero-order valence-electron chi connectivity index (χ0n) is 13.8. The highest BCUT2D eigenvalue weighted by Crippen LogP contribution is 2.32. The molecule has 0 aliphatic carbocycles. The van der Waals surface area contributed by atoms with Gasteiger partial charge in [-0.05, 0) is 32.8 Å². The molecule has 2 aromatic rings. The first-order valence-electron chi connectivity index (χ1n) is 8.07. The molecule has 7 nitrogen and oxygen atoms in total. The summed E-state index contributed by atoms with van der Waals surface area (Å²) in [5, 5.41) is 8.82. The number of hydrogen-bond acceptors (Lipinski definition) is 5. The van der Waals surface area contributed by atoms with Gasteiger partial charge in [-0.1, -0.05) is 11.6 Å². The molecule has 0 aromatic carbocycles. The predicted octanol–water partition coefficient (Wildman–Crippen LogP) is 2.39. The van der Waals surface area contributed by atoms with Gasteiger partial charge in [0.05, 0.1) is 10.6 Å². The van der Waals surface area contributed by atoms with E-state index in [1.807, 2.05) is 0 Å². The Bertz CT molecular complexity index is 736. The molecule has 3 rings (SSSR count). The number of nitrogens with two attached hydrogens (primary N) is 1. The number of nitrogens with zero attached hydrogens (tertiary/aromatic N) is 5. The molecule has 0 atom stereocenters. The Morgan fingerprint density at radius 1 is 1.38 bits per heavy atom. The third kappa shape index (κ3) is 3.21. The van der Waals surface area contributed by atoms with Crippen LogP contribution in [0.5, 0.6) is 0 Å². The Morgan fingerprint density at radius 3 is 2.67 bits per heavy atom. The van der Waals surface area contributed by atoms with Gasteiger partial charge >= 0.3 is 0 Å². The fourth-order valence-electron chi connectivity index (χ4n) is 3.09. The van der Waals surface area contributed by atoms with Crippen LogP contribution in [0.1, 0.15) is 54.8 Å². The van der Waals surface area contributed by atoms with Crippen molar-refractivity contribution in [1.82, 2.24) is 19.7 Å². The average molecular weight is 349 g/mol. The van der Waals surface area contributed by atoms with Crippen molar-refractivity contribution >= 4 is 23.3 Å². The normalized spacial score (nSPS) is 15.9. The van der Waals surface area contributed by atoms with Crippen LogP contribution in [0.4, 0.5) is 5.82 Å². The molecule has 1 aliphatic heterocycles. The highest BCUT2D eigenvalue weighted by Gasteiger charge is 2.26. The molecule has 8 heteroatoms. The Labute approximate surface area is 145 Å². The first-order valence-corrected chi connectivity index (χ1v) is 8.45. The molecule has 1 saturated heterocycles. The molecule has 0 spiro atoms. The molecule has 2 aromatic heterocycles. The van der Waals surface area contributed by atoms with Gasteiger partial charge < -0.3 is 15.2 Å². The summed E-state index contributed by atoms with van der Waals surface area (Å²) in [4.78, 5) is 17.7. The van der Waals surface area contributed by atoms with Crippen LogP contribution in [0.25, 0.3) is 0 Å². The third-order valence-corrected chi connectivity index (χ3v) is 4.70. The maximum Gasteiger partial charge on any atom is 0.250 e. The van der Waals surface area contributed by atoms with Crippen LogP contribution < -0.4 is 10.6 Å². The number of hydrogen-bond donors (Lipinski definition) is 1. The fourth-order valence-corrected chi connectivity index (χ4v) is 3.38. The fraction of sp³-hybridized carbons (Fsp3) is 0.500. The van der Waals surface area contributed by atoms with Crippen LogP contribution in [-0.2, 0) is 0 Å². The van der Waals surface area contributed by atoms with Gasteiger partial charge in [0.25, 0.3) is 0 Å². The summed E-state index contributed by atoms with van der Waals surface area (Å²) in [6.45, 7) is 5.93. The minimum Gasteiger partial charge on any atom is -0.366 e. The average Bonchev–Trinajstić information content (AvgIpc) is 3.05. The molecular formula is C16H21ClN6O. The maximum atomic E-state index is 11.2. The zero-order valence-corrected chi connectivity index (χ0v) is 14.6. The molecule has 128 valence electrons. The van der Waals surface area contributed by atoms with Crippen molar-refractivity contribution in [3.05, 3.63) is 35.0 Å². The summed E-state index contributed by atoms with van der Waals surface area (Å²) in [5.74, 6) is 1.61. The summed E-state index contributed by atoms with van der Waals surface area (Å²) >= 11 is 6.27. The number of piperidine rings is 1. The van der Waals surface area contributed by atoms with Gasteiger partial charge in [-0.25, -0.2) is 4.98 Å². The Kier molecular flexibility index (Phi) is 4.71. The SMILES string of the molecule is CC(C)n1cnnc1C1CCN(c2ncc(C(N)=O)cc2Cl)CC1. The number of aromatic nitrogens is 4. The topological polar surface area (TPSA) is 89.9 Å². The van der Waals surface area contributed by atoms with Crippen LogP contribution in [0.3, 0.4) is 0 Å². The van der Waals surface area contributed by atoms with E-state index in [-0.39, 0.29) is 0 Å². The van der Waals surface area contributed by atoms with Gasteiger partial charge in [0.15, 0.2) is 0 Å². The molecular weight excluding hydrogens is 328 g/mol. The zero-order chi connectivity index (χ0) is 17.3. The van der Waals surface area contributed by atoms with E-state index in [9.17, 15) is 4.79 Å². The number of carbonyl (C=O) groups excluding carboxylic acids is 1. The Morgan fingerprint density at radius 2 is 2.08 bits per heavy atom. The van der Waals surface area contributed by atoms with Crippen LogP contribution in [0.15, 0.2) is 18.6 Å². The lowest BCUT2D eigenvalue weighted by molar-refractivity contribution is 0.1000. The molecule has 1 amide bonds. The van der Waals surface area contributed by atoms with E-state index >= 15 is 0 Å². The number of pyridine rings is 1. The number of primary amides is 1. The number of carbonyl (C=O) groups is 1. The van der Waals surface area contributed by atoms with E-state index in [0.717, 1.165) is 31.8 Å². The summed E-state index contributed by atoms with van der Waals surface area (Å²) in [7, 11) is 0. The van der Waals surface area contributed by atoms with Gasteiger partial charge in [0.2, 0.25) is 5.91 Å². The summed E-state index contributed by atoms with van der Waals surface area (Å²) in [6.07, 6.45) is 5.19. The van der Waals surface area contributed by atoms with Crippen LogP contribution in [0, 0.1) is 0 Å². The number of anilines is 1. The highest BCUT2D eigenvalue weighted by atomic mass is 35.5. The quantitative estimate of drug-likeness (QED) is 0.916. The molecule has 1 fully saturated rings. The maximum absolute atomic E-state index is 11.2. The van der Waals surface area contributed by atoms with Gasteiger partial charge in [0.1, 0.15) is 18.0 Å². The Hall–Kier alpha value is -2.15.